The fourth-order valence-corrected chi connectivity index (χ4v) is 3.86. The fraction of sp³-hybridized carbons (Fsp3) is 0.500. The molecule has 0 spiro atoms. The minimum Gasteiger partial charge on any atom is -0.387 e. The molecule has 3 aromatic rings. The largest absolute Gasteiger partial charge is 0.387 e. The second-order valence-corrected chi connectivity index (χ2v) is 7.68. The maximum absolute atomic E-state index is 10.6. The van der Waals surface area contributed by atoms with Gasteiger partial charge in [0.15, 0.2) is 23.2 Å². The number of fused-ring (bicyclic) bond motifs is 1. The number of nitrogens with one attached hydrogen (secondary N) is 1. The van der Waals surface area contributed by atoms with Crippen LogP contribution in [0.1, 0.15) is 44.5 Å². The summed E-state index contributed by atoms with van der Waals surface area (Å²) in [5.74, 6) is 0.607. The van der Waals surface area contributed by atoms with E-state index in [0.29, 0.717) is 23.6 Å². The summed E-state index contributed by atoms with van der Waals surface area (Å²) in [5, 5.41) is 24.4. The lowest BCUT2D eigenvalue weighted by Gasteiger charge is -2.19. The van der Waals surface area contributed by atoms with Gasteiger partial charge in [-0.2, -0.15) is 0 Å². The predicted molar refractivity (Wildman–Crippen MR) is 115 cm³/mol. The van der Waals surface area contributed by atoms with Crippen molar-refractivity contribution in [2.45, 2.75) is 57.3 Å². The number of nitrogens with zero attached hydrogens (tertiary/aromatic N) is 4. The third kappa shape index (κ3) is 4.40. The molecule has 5 atom stereocenters. The summed E-state index contributed by atoms with van der Waals surface area (Å²) in [7, 11) is 0. The number of rotatable bonds is 9. The van der Waals surface area contributed by atoms with Crippen LogP contribution in [0.25, 0.3) is 11.2 Å². The molecule has 1 aromatic carbocycles. The molecule has 9 heteroatoms. The molecule has 0 bridgehead atoms. The SMILES string of the molecule is CCCOC[C@H]1O[C@@H](n2cnc3c(N[C@@H](CC)c4ccccc4)ncnc32)C(O)C1O. The van der Waals surface area contributed by atoms with E-state index in [1.165, 1.54) is 6.33 Å². The summed E-state index contributed by atoms with van der Waals surface area (Å²) in [6.45, 7) is 4.90. The molecule has 9 nitrogen and oxygen atoms in total. The zero-order chi connectivity index (χ0) is 21.8. The van der Waals surface area contributed by atoms with Gasteiger partial charge in [0.05, 0.1) is 19.0 Å². The molecule has 166 valence electrons. The van der Waals surface area contributed by atoms with Crippen molar-refractivity contribution in [2.24, 2.45) is 0 Å². The molecular formula is C22H29N5O4. The molecule has 2 aromatic heterocycles. The Bertz CT molecular complexity index is 982. The van der Waals surface area contributed by atoms with Crippen LogP contribution in [-0.2, 0) is 9.47 Å². The van der Waals surface area contributed by atoms with Crippen LogP contribution in [0.2, 0.25) is 0 Å². The van der Waals surface area contributed by atoms with Crippen LogP contribution in [0.3, 0.4) is 0 Å². The molecule has 0 amide bonds. The van der Waals surface area contributed by atoms with Gasteiger partial charge in [-0.25, -0.2) is 15.0 Å². The highest BCUT2D eigenvalue weighted by atomic mass is 16.6. The predicted octanol–water partition coefficient (Wildman–Crippen LogP) is 2.44. The van der Waals surface area contributed by atoms with Gasteiger partial charge in [-0.05, 0) is 18.4 Å². The van der Waals surface area contributed by atoms with E-state index in [1.54, 1.807) is 10.9 Å². The Balaban J connectivity index is 1.57. The minimum absolute atomic E-state index is 0.0692. The van der Waals surface area contributed by atoms with E-state index in [0.717, 1.165) is 18.4 Å². The summed E-state index contributed by atoms with van der Waals surface area (Å²) in [6, 6.07) is 10.2. The Morgan fingerprint density at radius 1 is 1.13 bits per heavy atom. The van der Waals surface area contributed by atoms with Crippen molar-refractivity contribution in [2.75, 3.05) is 18.5 Å². The van der Waals surface area contributed by atoms with Gasteiger partial charge in [-0.1, -0.05) is 44.2 Å². The molecule has 2 unspecified atom stereocenters. The molecule has 1 saturated heterocycles. The van der Waals surface area contributed by atoms with E-state index in [1.807, 2.05) is 25.1 Å². The van der Waals surface area contributed by atoms with Gasteiger partial charge in [-0.3, -0.25) is 4.57 Å². The third-order valence-electron chi connectivity index (χ3n) is 5.52. The number of aliphatic hydroxyl groups excluding tert-OH is 2. The third-order valence-corrected chi connectivity index (χ3v) is 5.52. The van der Waals surface area contributed by atoms with Crippen LogP contribution in [0, 0.1) is 0 Å². The van der Waals surface area contributed by atoms with Gasteiger partial charge in [0.25, 0.3) is 0 Å². The van der Waals surface area contributed by atoms with Gasteiger partial charge in [-0.15, -0.1) is 0 Å². The van der Waals surface area contributed by atoms with E-state index in [-0.39, 0.29) is 12.6 Å². The van der Waals surface area contributed by atoms with Crippen LogP contribution < -0.4 is 5.32 Å². The summed E-state index contributed by atoms with van der Waals surface area (Å²) in [5.41, 5.74) is 2.25. The number of aromatic nitrogens is 4. The average molecular weight is 428 g/mol. The lowest BCUT2D eigenvalue weighted by molar-refractivity contribution is -0.0652. The summed E-state index contributed by atoms with van der Waals surface area (Å²) >= 11 is 0. The second-order valence-electron chi connectivity index (χ2n) is 7.68. The maximum atomic E-state index is 10.6. The number of hydrogen-bond donors (Lipinski definition) is 3. The molecule has 0 aliphatic carbocycles. The van der Waals surface area contributed by atoms with E-state index in [4.69, 9.17) is 9.47 Å². The molecule has 1 aliphatic rings. The van der Waals surface area contributed by atoms with Gasteiger partial charge in [0, 0.05) is 6.61 Å². The van der Waals surface area contributed by atoms with Crippen LogP contribution in [-0.4, -0.2) is 61.3 Å². The second kappa shape index (κ2) is 9.69. The highest BCUT2D eigenvalue weighted by Crippen LogP contribution is 2.33. The molecule has 0 radical (unpaired) electrons. The zero-order valence-electron chi connectivity index (χ0n) is 17.8. The van der Waals surface area contributed by atoms with Gasteiger partial charge in [0.1, 0.15) is 24.6 Å². The quantitative estimate of drug-likeness (QED) is 0.446. The monoisotopic (exact) mass is 427 g/mol. The Morgan fingerprint density at radius 3 is 2.68 bits per heavy atom. The average Bonchev–Trinajstić information content (AvgIpc) is 3.35. The fourth-order valence-electron chi connectivity index (χ4n) is 3.86. The van der Waals surface area contributed by atoms with E-state index < -0.39 is 24.5 Å². The lowest BCUT2D eigenvalue weighted by Crippen LogP contribution is -2.33. The molecule has 4 rings (SSSR count). The van der Waals surface area contributed by atoms with Crippen LogP contribution in [0.4, 0.5) is 5.82 Å². The summed E-state index contributed by atoms with van der Waals surface area (Å²) in [4.78, 5) is 13.2. The van der Waals surface area contributed by atoms with Gasteiger partial charge < -0.3 is 25.0 Å². The Hall–Kier alpha value is -2.59. The lowest BCUT2D eigenvalue weighted by atomic mass is 10.0. The van der Waals surface area contributed by atoms with Crippen molar-refractivity contribution >= 4 is 17.0 Å². The van der Waals surface area contributed by atoms with Crippen molar-refractivity contribution in [3.8, 4) is 0 Å². The molecule has 31 heavy (non-hydrogen) atoms. The smallest absolute Gasteiger partial charge is 0.167 e. The number of imidazole rings is 1. The maximum Gasteiger partial charge on any atom is 0.167 e. The molecule has 1 fully saturated rings. The minimum atomic E-state index is -1.12. The van der Waals surface area contributed by atoms with E-state index >= 15 is 0 Å². The normalized spacial score (nSPS) is 24.5. The molecule has 1 aliphatic heterocycles. The number of aliphatic hydroxyl groups is 2. The van der Waals surface area contributed by atoms with Gasteiger partial charge in [0.2, 0.25) is 0 Å². The summed E-state index contributed by atoms with van der Waals surface area (Å²) < 4.78 is 13.1. The first kappa shape index (κ1) is 21.6. The first-order chi connectivity index (χ1) is 15.1. The first-order valence-corrected chi connectivity index (χ1v) is 10.7. The standard InChI is InChI=1S/C22H29N5O4/c1-3-10-30-11-16-18(28)19(29)22(31-16)27-13-25-17-20(23-12-24-21(17)27)26-15(4-2)14-8-6-5-7-9-14/h5-9,12-13,15-16,18-19,22,28-29H,3-4,10-11H2,1-2H3,(H,23,24,26)/t15-,16+,18?,19?,22+/m0/s1. The Labute approximate surface area is 181 Å². The molecule has 3 heterocycles. The number of benzene rings is 1. The van der Waals surface area contributed by atoms with Gasteiger partial charge >= 0.3 is 0 Å². The number of ether oxygens (including phenoxy) is 2. The molecule has 3 N–H and O–H groups in total. The zero-order valence-corrected chi connectivity index (χ0v) is 17.8. The highest BCUT2D eigenvalue weighted by Gasteiger charge is 2.44. The van der Waals surface area contributed by atoms with Crippen molar-refractivity contribution < 1.29 is 19.7 Å². The molecular weight excluding hydrogens is 398 g/mol. The van der Waals surface area contributed by atoms with Crippen molar-refractivity contribution in [1.29, 1.82) is 0 Å². The molecule has 0 saturated carbocycles. The Kier molecular flexibility index (Phi) is 6.77. The van der Waals surface area contributed by atoms with Crippen molar-refractivity contribution in [3.05, 3.63) is 48.5 Å². The van der Waals surface area contributed by atoms with Crippen LogP contribution >= 0.6 is 0 Å². The topological polar surface area (TPSA) is 115 Å². The van der Waals surface area contributed by atoms with Crippen LogP contribution in [0.15, 0.2) is 43.0 Å². The number of anilines is 1. The first-order valence-electron chi connectivity index (χ1n) is 10.7. The van der Waals surface area contributed by atoms with E-state index in [9.17, 15) is 10.2 Å². The summed E-state index contributed by atoms with van der Waals surface area (Å²) in [6.07, 6.45) is 1.15. The Morgan fingerprint density at radius 2 is 1.94 bits per heavy atom. The van der Waals surface area contributed by atoms with Crippen molar-refractivity contribution in [3.63, 3.8) is 0 Å². The highest BCUT2D eigenvalue weighted by molar-refractivity contribution is 5.83. The van der Waals surface area contributed by atoms with E-state index in [2.05, 4.69) is 39.3 Å². The number of hydrogen-bond acceptors (Lipinski definition) is 8. The van der Waals surface area contributed by atoms with Crippen LogP contribution in [0.5, 0.6) is 0 Å². The van der Waals surface area contributed by atoms with Crippen molar-refractivity contribution in [1.82, 2.24) is 19.5 Å².